The van der Waals surface area contributed by atoms with Gasteiger partial charge in [-0.3, -0.25) is 4.98 Å². The maximum atomic E-state index is 10.5. The Hall–Kier alpha value is -0.930. The van der Waals surface area contributed by atoms with Crippen molar-refractivity contribution in [3.8, 4) is 0 Å². The summed E-state index contributed by atoms with van der Waals surface area (Å²) in [6.45, 7) is 2.81. The number of aliphatic hydroxyl groups is 1. The molecule has 3 rings (SSSR count). The van der Waals surface area contributed by atoms with Gasteiger partial charge in [0.2, 0.25) is 0 Å². The van der Waals surface area contributed by atoms with Gasteiger partial charge < -0.3 is 9.84 Å². The molecular formula is C15H21NO2. The molecule has 3 heteroatoms. The van der Waals surface area contributed by atoms with Crippen molar-refractivity contribution in [1.29, 1.82) is 0 Å². The average molecular weight is 247 g/mol. The van der Waals surface area contributed by atoms with Crippen molar-refractivity contribution in [2.24, 2.45) is 5.92 Å². The van der Waals surface area contributed by atoms with Crippen LogP contribution in [0.3, 0.4) is 0 Å². The van der Waals surface area contributed by atoms with Crippen molar-refractivity contribution in [2.45, 2.75) is 50.7 Å². The molecule has 2 fully saturated rings. The standard InChI is InChI=1S/C15H21NO2/c1-11-7-13(10-16-9-11)14(17)12-3-6-18-15(8-12)4-2-5-15/h7,9-10,12,14,17H,2-6,8H2,1H3. The Labute approximate surface area is 108 Å². The SMILES string of the molecule is Cc1cncc(C(O)C2CCOC3(CCC3)C2)c1. The van der Waals surface area contributed by atoms with Crippen molar-refractivity contribution in [2.75, 3.05) is 6.61 Å². The number of hydrogen-bond acceptors (Lipinski definition) is 3. The Balaban J connectivity index is 1.73. The molecule has 0 radical (unpaired) electrons. The number of aromatic nitrogens is 1. The molecule has 0 amide bonds. The summed E-state index contributed by atoms with van der Waals surface area (Å²) in [7, 11) is 0. The topological polar surface area (TPSA) is 42.4 Å². The van der Waals surface area contributed by atoms with Gasteiger partial charge in [-0.25, -0.2) is 0 Å². The number of rotatable bonds is 2. The van der Waals surface area contributed by atoms with Gasteiger partial charge in [0.25, 0.3) is 0 Å². The molecule has 2 aliphatic rings. The summed E-state index contributed by atoms with van der Waals surface area (Å²) in [6.07, 6.45) is 8.80. The zero-order valence-electron chi connectivity index (χ0n) is 10.9. The van der Waals surface area contributed by atoms with E-state index in [-0.39, 0.29) is 5.60 Å². The maximum absolute atomic E-state index is 10.5. The van der Waals surface area contributed by atoms with E-state index in [0.29, 0.717) is 5.92 Å². The van der Waals surface area contributed by atoms with Crippen LogP contribution in [0.5, 0.6) is 0 Å². The average Bonchev–Trinajstić information content (AvgIpc) is 2.36. The molecule has 1 saturated heterocycles. The first-order valence-electron chi connectivity index (χ1n) is 6.92. The molecule has 1 aromatic heterocycles. The fourth-order valence-electron chi connectivity index (χ4n) is 3.27. The lowest BCUT2D eigenvalue weighted by atomic mass is 9.70. The number of aryl methyl sites for hydroxylation is 1. The van der Waals surface area contributed by atoms with Crippen LogP contribution in [0.4, 0.5) is 0 Å². The molecule has 1 aliphatic carbocycles. The van der Waals surface area contributed by atoms with Crippen molar-refractivity contribution in [3.63, 3.8) is 0 Å². The third-order valence-corrected chi connectivity index (χ3v) is 4.48. The summed E-state index contributed by atoms with van der Waals surface area (Å²) in [5.41, 5.74) is 2.16. The van der Waals surface area contributed by atoms with Crippen molar-refractivity contribution in [1.82, 2.24) is 4.98 Å². The predicted molar refractivity (Wildman–Crippen MR) is 69.2 cm³/mol. The van der Waals surface area contributed by atoms with Gasteiger partial charge in [-0.2, -0.15) is 0 Å². The monoisotopic (exact) mass is 247 g/mol. The molecule has 0 aromatic carbocycles. The third kappa shape index (κ3) is 2.17. The van der Waals surface area contributed by atoms with E-state index in [4.69, 9.17) is 4.74 Å². The van der Waals surface area contributed by atoms with Gasteiger partial charge in [0.1, 0.15) is 0 Å². The van der Waals surface area contributed by atoms with Crippen LogP contribution < -0.4 is 0 Å². The first-order valence-corrected chi connectivity index (χ1v) is 6.92. The first-order chi connectivity index (χ1) is 8.69. The van der Waals surface area contributed by atoms with Crippen LogP contribution in [0.1, 0.15) is 49.3 Å². The number of aliphatic hydroxyl groups excluding tert-OH is 1. The molecular weight excluding hydrogens is 226 g/mol. The molecule has 1 N–H and O–H groups in total. The Bertz CT molecular complexity index is 428. The van der Waals surface area contributed by atoms with E-state index in [2.05, 4.69) is 4.98 Å². The molecule has 1 saturated carbocycles. The van der Waals surface area contributed by atoms with E-state index >= 15 is 0 Å². The van der Waals surface area contributed by atoms with Crippen LogP contribution in [0, 0.1) is 12.8 Å². The number of nitrogens with zero attached hydrogens (tertiary/aromatic N) is 1. The normalized spacial score (nSPS) is 27.8. The van der Waals surface area contributed by atoms with E-state index in [0.717, 1.165) is 30.6 Å². The Morgan fingerprint density at radius 3 is 2.94 bits per heavy atom. The highest BCUT2D eigenvalue weighted by molar-refractivity contribution is 5.20. The quantitative estimate of drug-likeness (QED) is 0.873. The second-order valence-corrected chi connectivity index (χ2v) is 5.88. The molecule has 18 heavy (non-hydrogen) atoms. The van der Waals surface area contributed by atoms with E-state index < -0.39 is 6.10 Å². The Morgan fingerprint density at radius 2 is 2.28 bits per heavy atom. The lowest BCUT2D eigenvalue weighted by Crippen LogP contribution is -2.46. The first kappa shape index (κ1) is 12.1. The molecule has 1 aliphatic heterocycles. The van der Waals surface area contributed by atoms with Gasteiger partial charge in [-0.1, -0.05) is 6.07 Å². The molecule has 1 spiro atoms. The number of pyridine rings is 1. The second-order valence-electron chi connectivity index (χ2n) is 5.88. The van der Waals surface area contributed by atoms with Gasteiger partial charge >= 0.3 is 0 Å². The molecule has 2 unspecified atom stereocenters. The van der Waals surface area contributed by atoms with Crippen molar-refractivity contribution < 1.29 is 9.84 Å². The smallest absolute Gasteiger partial charge is 0.0835 e. The van der Waals surface area contributed by atoms with Crippen LogP contribution in [-0.4, -0.2) is 22.3 Å². The van der Waals surface area contributed by atoms with Crippen LogP contribution in [-0.2, 0) is 4.74 Å². The summed E-state index contributed by atoms with van der Waals surface area (Å²) < 4.78 is 5.91. The minimum atomic E-state index is -0.390. The fraction of sp³-hybridized carbons (Fsp3) is 0.667. The number of ether oxygens (including phenoxy) is 1. The van der Waals surface area contributed by atoms with Crippen LogP contribution >= 0.6 is 0 Å². The van der Waals surface area contributed by atoms with E-state index in [1.54, 1.807) is 6.20 Å². The van der Waals surface area contributed by atoms with E-state index in [9.17, 15) is 5.11 Å². The molecule has 98 valence electrons. The Kier molecular flexibility index (Phi) is 3.12. The summed E-state index contributed by atoms with van der Waals surface area (Å²) in [6, 6.07) is 2.04. The zero-order valence-corrected chi connectivity index (χ0v) is 10.9. The van der Waals surface area contributed by atoms with Crippen molar-refractivity contribution >= 4 is 0 Å². The largest absolute Gasteiger partial charge is 0.388 e. The molecule has 3 nitrogen and oxygen atoms in total. The lowest BCUT2D eigenvalue weighted by molar-refractivity contribution is -0.157. The highest BCUT2D eigenvalue weighted by Crippen LogP contribution is 2.47. The van der Waals surface area contributed by atoms with Crippen molar-refractivity contribution in [3.05, 3.63) is 29.6 Å². The third-order valence-electron chi connectivity index (χ3n) is 4.48. The van der Waals surface area contributed by atoms with Gasteiger partial charge in [-0.05, 0) is 56.1 Å². The van der Waals surface area contributed by atoms with Crippen LogP contribution in [0.15, 0.2) is 18.5 Å². The summed E-state index contributed by atoms with van der Waals surface area (Å²) in [5, 5.41) is 10.5. The predicted octanol–water partition coefficient (Wildman–Crippen LogP) is 2.77. The molecule has 1 aromatic rings. The maximum Gasteiger partial charge on any atom is 0.0835 e. The fourth-order valence-corrected chi connectivity index (χ4v) is 3.27. The molecule has 2 atom stereocenters. The van der Waals surface area contributed by atoms with Gasteiger partial charge in [0.05, 0.1) is 11.7 Å². The second kappa shape index (κ2) is 4.63. The highest BCUT2D eigenvalue weighted by atomic mass is 16.5. The summed E-state index contributed by atoms with van der Waals surface area (Å²) in [5.74, 6) is 0.322. The lowest BCUT2D eigenvalue weighted by Gasteiger charge is -2.48. The minimum Gasteiger partial charge on any atom is -0.388 e. The van der Waals surface area contributed by atoms with Crippen LogP contribution in [0.2, 0.25) is 0 Å². The Morgan fingerprint density at radius 1 is 1.44 bits per heavy atom. The zero-order chi connectivity index (χ0) is 12.6. The molecule has 2 heterocycles. The molecule has 0 bridgehead atoms. The minimum absolute atomic E-state index is 0.0984. The van der Waals surface area contributed by atoms with Crippen LogP contribution in [0.25, 0.3) is 0 Å². The van der Waals surface area contributed by atoms with E-state index in [1.165, 1.54) is 19.3 Å². The highest BCUT2D eigenvalue weighted by Gasteiger charge is 2.44. The number of hydrogen-bond donors (Lipinski definition) is 1. The van der Waals surface area contributed by atoms with Gasteiger partial charge in [0, 0.05) is 19.0 Å². The van der Waals surface area contributed by atoms with Gasteiger partial charge in [-0.15, -0.1) is 0 Å². The van der Waals surface area contributed by atoms with Gasteiger partial charge in [0.15, 0.2) is 0 Å². The summed E-state index contributed by atoms with van der Waals surface area (Å²) in [4.78, 5) is 4.18. The van der Waals surface area contributed by atoms with E-state index in [1.807, 2.05) is 19.2 Å². The summed E-state index contributed by atoms with van der Waals surface area (Å²) >= 11 is 0.